The second-order valence-corrected chi connectivity index (χ2v) is 5.50. The Kier molecular flexibility index (Phi) is 5.46. The monoisotopic (exact) mass is 284 g/mol. The van der Waals surface area contributed by atoms with Gasteiger partial charge in [0.1, 0.15) is 0 Å². The Labute approximate surface area is 107 Å². The Morgan fingerprint density at radius 1 is 1.25 bits per heavy atom. The molecule has 1 atom stereocenters. The van der Waals surface area contributed by atoms with Crippen LogP contribution >= 0.6 is 15.9 Å². The van der Waals surface area contributed by atoms with E-state index in [1.807, 2.05) is 0 Å². The van der Waals surface area contributed by atoms with Crippen molar-refractivity contribution in [2.45, 2.75) is 26.4 Å². The van der Waals surface area contributed by atoms with Crippen molar-refractivity contribution in [3.8, 4) is 0 Å². The highest BCUT2D eigenvalue weighted by atomic mass is 79.9. The molecule has 1 aromatic rings. The highest BCUT2D eigenvalue weighted by Gasteiger charge is 2.16. The molecular formula is C13H21BrN2. The number of rotatable bonds is 5. The molecule has 1 aromatic carbocycles. The minimum Gasteiger partial charge on any atom is -0.329 e. The maximum Gasteiger partial charge on any atom is 0.0241 e. The van der Waals surface area contributed by atoms with Crippen molar-refractivity contribution >= 4 is 15.9 Å². The number of nitrogens with zero attached hydrogens (tertiary/aromatic N) is 1. The topological polar surface area (TPSA) is 29.3 Å². The first kappa shape index (κ1) is 13.7. The number of halogens is 1. The molecular weight excluding hydrogens is 264 g/mol. The molecule has 0 heterocycles. The average Bonchev–Trinajstić information content (AvgIpc) is 2.22. The van der Waals surface area contributed by atoms with Gasteiger partial charge in [0.05, 0.1) is 0 Å². The van der Waals surface area contributed by atoms with Gasteiger partial charge in [0.15, 0.2) is 0 Å². The Morgan fingerprint density at radius 3 is 2.25 bits per heavy atom. The molecule has 0 saturated carbocycles. The smallest absolute Gasteiger partial charge is 0.0241 e. The summed E-state index contributed by atoms with van der Waals surface area (Å²) in [6.07, 6.45) is 0. The van der Waals surface area contributed by atoms with Crippen molar-refractivity contribution < 1.29 is 0 Å². The first-order chi connectivity index (χ1) is 7.54. The summed E-state index contributed by atoms with van der Waals surface area (Å²) in [6.45, 7) is 6.10. The third-order valence-electron chi connectivity index (χ3n) is 2.92. The summed E-state index contributed by atoms with van der Waals surface area (Å²) in [7, 11) is 2.14. The van der Waals surface area contributed by atoms with Crippen molar-refractivity contribution in [2.24, 2.45) is 11.7 Å². The predicted molar refractivity (Wildman–Crippen MR) is 73.3 cm³/mol. The predicted octanol–water partition coefficient (Wildman–Crippen LogP) is 2.86. The summed E-state index contributed by atoms with van der Waals surface area (Å²) in [5, 5.41) is 0. The largest absolute Gasteiger partial charge is 0.329 e. The van der Waals surface area contributed by atoms with Crippen LogP contribution < -0.4 is 5.73 Å². The fraction of sp³-hybridized carbons (Fsp3) is 0.538. The summed E-state index contributed by atoms with van der Waals surface area (Å²) in [6, 6.07) is 8.90. The molecule has 16 heavy (non-hydrogen) atoms. The number of hydrogen-bond acceptors (Lipinski definition) is 2. The standard InChI is InChI=1S/C13H21BrN2/c1-10(2)13(8-15)16(3)9-11-4-6-12(14)7-5-11/h4-7,10,13H,8-9,15H2,1-3H3. The van der Waals surface area contributed by atoms with E-state index >= 15 is 0 Å². The number of likely N-dealkylation sites (N-methyl/N-ethyl adjacent to an activating group) is 1. The lowest BCUT2D eigenvalue weighted by Crippen LogP contribution is -2.41. The summed E-state index contributed by atoms with van der Waals surface area (Å²) >= 11 is 3.44. The summed E-state index contributed by atoms with van der Waals surface area (Å²) in [5.41, 5.74) is 7.13. The van der Waals surface area contributed by atoms with Gasteiger partial charge in [-0.3, -0.25) is 4.90 Å². The van der Waals surface area contributed by atoms with E-state index in [2.05, 4.69) is 66.0 Å². The third-order valence-corrected chi connectivity index (χ3v) is 3.45. The van der Waals surface area contributed by atoms with Gasteiger partial charge in [0.25, 0.3) is 0 Å². The molecule has 0 saturated heterocycles. The molecule has 1 unspecified atom stereocenters. The zero-order valence-electron chi connectivity index (χ0n) is 10.3. The second-order valence-electron chi connectivity index (χ2n) is 4.59. The molecule has 0 fully saturated rings. The van der Waals surface area contributed by atoms with Gasteiger partial charge in [-0.1, -0.05) is 41.9 Å². The lowest BCUT2D eigenvalue weighted by Gasteiger charge is -2.30. The second kappa shape index (κ2) is 6.38. The van der Waals surface area contributed by atoms with Crippen LogP contribution in [0, 0.1) is 5.92 Å². The van der Waals surface area contributed by atoms with Crippen LogP contribution in [0.1, 0.15) is 19.4 Å². The quantitative estimate of drug-likeness (QED) is 0.901. The Balaban J connectivity index is 2.62. The van der Waals surface area contributed by atoms with Crippen LogP contribution in [0.3, 0.4) is 0 Å². The molecule has 3 heteroatoms. The van der Waals surface area contributed by atoms with Crippen LogP contribution in [-0.4, -0.2) is 24.5 Å². The molecule has 1 rings (SSSR count). The molecule has 2 N–H and O–H groups in total. The first-order valence-electron chi connectivity index (χ1n) is 5.69. The van der Waals surface area contributed by atoms with Gasteiger partial charge in [-0.2, -0.15) is 0 Å². The minimum atomic E-state index is 0.448. The lowest BCUT2D eigenvalue weighted by atomic mass is 10.0. The fourth-order valence-electron chi connectivity index (χ4n) is 1.96. The van der Waals surface area contributed by atoms with E-state index in [1.165, 1.54) is 5.56 Å². The van der Waals surface area contributed by atoms with Gasteiger partial charge in [0.2, 0.25) is 0 Å². The lowest BCUT2D eigenvalue weighted by molar-refractivity contribution is 0.190. The van der Waals surface area contributed by atoms with E-state index < -0.39 is 0 Å². The molecule has 2 nitrogen and oxygen atoms in total. The average molecular weight is 285 g/mol. The maximum absolute atomic E-state index is 5.80. The Bertz CT molecular complexity index is 308. The molecule has 0 aliphatic heterocycles. The highest BCUT2D eigenvalue weighted by molar-refractivity contribution is 9.10. The van der Waals surface area contributed by atoms with Gasteiger partial charge < -0.3 is 5.73 Å². The highest BCUT2D eigenvalue weighted by Crippen LogP contribution is 2.14. The third kappa shape index (κ3) is 3.89. The fourth-order valence-corrected chi connectivity index (χ4v) is 2.22. The van der Waals surface area contributed by atoms with E-state index in [0.29, 0.717) is 18.5 Å². The number of nitrogens with two attached hydrogens (primary N) is 1. The number of hydrogen-bond donors (Lipinski definition) is 1. The van der Waals surface area contributed by atoms with Gasteiger partial charge in [-0.25, -0.2) is 0 Å². The van der Waals surface area contributed by atoms with Crippen LogP contribution in [0.4, 0.5) is 0 Å². The summed E-state index contributed by atoms with van der Waals surface area (Å²) in [4.78, 5) is 2.33. The van der Waals surface area contributed by atoms with E-state index in [9.17, 15) is 0 Å². The summed E-state index contributed by atoms with van der Waals surface area (Å²) < 4.78 is 1.12. The molecule has 0 spiro atoms. The van der Waals surface area contributed by atoms with Crippen molar-refractivity contribution in [2.75, 3.05) is 13.6 Å². The molecule has 0 aliphatic carbocycles. The minimum absolute atomic E-state index is 0.448. The maximum atomic E-state index is 5.80. The van der Waals surface area contributed by atoms with Crippen molar-refractivity contribution in [1.29, 1.82) is 0 Å². The van der Waals surface area contributed by atoms with Gasteiger partial charge >= 0.3 is 0 Å². The van der Waals surface area contributed by atoms with Gasteiger partial charge in [-0.15, -0.1) is 0 Å². The number of benzene rings is 1. The Hall–Kier alpha value is -0.380. The molecule has 0 radical (unpaired) electrons. The van der Waals surface area contributed by atoms with E-state index in [4.69, 9.17) is 5.73 Å². The van der Waals surface area contributed by atoms with E-state index in [1.54, 1.807) is 0 Å². The van der Waals surface area contributed by atoms with Crippen molar-refractivity contribution in [3.05, 3.63) is 34.3 Å². The molecule has 90 valence electrons. The van der Waals surface area contributed by atoms with Crippen molar-refractivity contribution in [1.82, 2.24) is 4.90 Å². The van der Waals surface area contributed by atoms with Crippen LogP contribution in [0.15, 0.2) is 28.7 Å². The van der Waals surface area contributed by atoms with Crippen LogP contribution in [0.25, 0.3) is 0 Å². The van der Waals surface area contributed by atoms with E-state index in [0.717, 1.165) is 11.0 Å². The van der Waals surface area contributed by atoms with Crippen LogP contribution in [0.5, 0.6) is 0 Å². The molecule has 0 amide bonds. The van der Waals surface area contributed by atoms with Gasteiger partial charge in [0, 0.05) is 23.6 Å². The zero-order valence-corrected chi connectivity index (χ0v) is 11.9. The molecule has 0 aromatic heterocycles. The molecule has 0 bridgehead atoms. The normalized spacial score (nSPS) is 13.4. The first-order valence-corrected chi connectivity index (χ1v) is 6.48. The van der Waals surface area contributed by atoms with Crippen molar-refractivity contribution in [3.63, 3.8) is 0 Å². The summed E-state index contributed by atoms with van der Waals surface area (Å²) in [5.74, 6) is 0.588. The molecule has 0 aliphatic rings. The van der Waals surface area contributed by atoms with Crippen LogP contribution in [-0.2, 0) is 6.54 Å². The zero-order chi connectivity index (χ0) is 12.1. The SMILES string of the molecule is CC(C)C(CN)N(C)Cc1ccc(Br)cc1. The Morgan fingerprint density at radius 2 is 1.81 bits per heavy atom. The van der Waals surface area contributed by atoms with Gasteiger partial charge in [-0.05, 0) is 30.7 Å². The van der Waals surface area contributed by atoms with Crippen LogP contribution in [0.2, 0.25) is 0 Å². The van der Waals surface area contributed by atoms with E-state index in [-0.39, 0.29) is 0 Å².